The standard InChI is InChI=1S/C19H23N3O2/c23-19(15-7-11-20-12-8-15)22-10-4-3-9-21-14-17-13-16-5-1-2-6-18(16)24-17/h1-2,5-8,11-12,17,21H,3-4,9-10,13-14H2,(H,22,23). The molecule has 24 heavy (non-hydrogen) atoms. The minimum atomic E-state index is -0.0394. The van der Waals surface area contributed by atoms with E-state index in [0.717, 1.165) is 38.1 Å². The molecule has 5 heteroatoms. The summed E-state index contributed by atoms with van der Waals surface area (Å²) in [5, 5.41) is 6.36. The molecule has 0 fully saturated rings. The molecule has 2 aromatic rings. The average molecular weight is 325 g/mol. The Morgan fingerprint density at radius 3 is 2.75 bits per heavy atom. The lowest BCUT2D eigenvalue weighted by Crippen LogP contribution is -2.31. The van der Waals surface area contributed by atoms with Crippen molar-refractivity contribution in [3.63, 3.8) is 0 Å². The third kappa shape index (κ3) is 4.55. The molecule has 0 aliphatic carbocycles. The van der Waals surface area contributed by atoms with Gasteiger partial charge in [-0.3, -0.25) is 9.78 Å². The number of amides is 1. The van der Waals surface area contributed by atoms with Crippen molar-refractivity contribution in [3.05, 3.63) is 59.9 Å². The fourth-order valence-corrected chi connectivity index (χ4v) is 2.81. The summed E-state index contributed by atoms with van der Waals surface area (Å²) >= 11 is 0. The number of nitrogens with one attached hydrogen (secondary N) is 2. The first-order valence-electron chi connectivity index (χ1n) is 8.46. The lowest BCUT2D eigenvalue weighted by Gasteiger charge is -2.12. The predicted molar refractivity (Wildman–Crippen MR) is 93.2 cm³/mol. The number of carbonyl (C=O) groups excluding carboxylic acids is 1. The Bertz CT molecular complexity index is 636. The fourth-order valence-electron chi connectivity index (χ4n) is 2.81. The highest BCUT2D eigenvalue weighted by Crippen LogP contribution is 2.27. The Labute approximate surface area is 142 Å². The Morgan fingerprint density at radius 2 is 1.92 bits per heavy atom. The van der Waals surface area contributed by atoms with Gasteiger partial charge in [0.05, 0.1) is 0 Å². The maximum atomic E-state index is 11.8. The van der Waals surface area contributed by atoms with Crippen molar-refractivity contribution in [3.8, 4) is 5.75 Å². The van der Waals surface area contributed by atoms with Gasteiger partial charge in [0.1, 0.15) is 11.9 Å². The molecule has 2 N–H and O–H groups in total. The molecule has 0 saturated heterocycles. The molecule has 1 unspecified atom stereocenters. The van der Waals surface area contributed by atoms with E-state index in [1.54, 1.807) is 24.5 Å². The van der Waals surface area contributed by atoms with Gasteiger partial charge in [0.15, 0.2) is 0 Å². The highest BCUT2D eigenvalue weighted by Gasteiger charge is 2.21. The first kappa shape index (κ1) is 16.5. The van der Waals surface area contributed by atoms with Crippen LogP contribution in [0.5, 0.6) is 5.75 Å². The topological polar surface area (TPSA) is 63.2 Å². The predicted octanol–water partition coefficient (Wildman–Crippen LogP) is 2.18. The molecule has 0 saturated carbocycles. The Balaban J connectivity index is 1.23. The summed E-state index contributed by atoms with van der Waals surface area (Å²) in [4.78, 5) is 15.7. The molecule has 2 heterocycles. The van der Waals surface area contributed by atoms with Crippen molar-refractivity contribution >= 4 is 5.91 Å². The molecule has 1 atom stereocenters. The Kier molecular flexibility index (Phi) is 5.80. The third-order valence-corrected chi connectivity index (χ3v) is 4.09. The van der Waals surface area contributed by atoms with Crippen LogP contribution in [0, 0.1) is 0 Å². The van der Waals surface area contributed by atoms with Crippen LogP contribution in [0.2, 0.25) is 0 Å². The summed E-state index contributed by atoms with van der Waals surface area (Å²) in [5.74, 6) is 0.977. The number of carbonyl (C=O) groups is 1. The Hall–Kier alpha value is -2.40. The van der Waals surface area contributed by atoms with Gasteiger partial charge in [-0.2, -0.15) is 0 Å². The van der Waals surface area contributed by atoms with Crippen LogP contribution in [-0.2, 0) is 6.42 Å². The number of aromatic nitrogens is 1. The van der Waals surface area contributed by atoms with E-state index >= 15 is 0 Å². The van der Waals surface area contributed by atoms with E-state index in [9.17, 15) is 4.79 Å². The number of nitrogens with zero attached hydrogens (tertiary/aromatic N) is 1. The van der Waals surface area contributed by atoms with Gasteiger partial charge < -0.3 is 15.4 Å². The van der Waals surface area contributed by atoms with E-state index in [4.69, 9.17) is 4.74 Å². The zero-order valence-corrected chi connectivity index (χ0v) is 13.7. The summed E-state index contributed by atoms with van der Waals surface area (Å²) < 4.78 is 5.89. The van der Waals surface area contributed by atoms with Crippen molar-refractivity contribution < 1.29 is 9.53 Å². The number of ether oxygens (including phenoxy) is 1. The van der Waals surface area contributed by atoms with Crippen LogP contribution in [0.3, 0.4) is 0 Å². The quantitative estimate of drug-likeness (QED) is 0.730. The zero-order valence-electron chi connectivity index (χ0n) is 13.7. The number of unbranched alkanes of at least 4 members (excludes halogenated alkanes) is 1. The molecule has 0 bridgehead atoms. The summed E-state index contributed by atoms with van der Waals surface area (Å²) in [6, 6.07) is 11.7. The largest absolute Gasteiger partial charge is 0.488 e. The van der Waals surface area contributed by atoms with Crippen LogP contribution in [0.25, 0.3) is 0 Å². The van der Waals surface area contributed by atoms with Crippen LogP contribution in [0.1, 0.15) is 28.8 Å². The van der Waals surface area contributed by atoms with Gasteiger partial charge in [-0.1, -0.05) is 18.2 Å². The molecule has 0 spiro atoms. The van der Waals surface area contributed by atoms with E-state index in [1.165, 1.54) is 5.56 Å². The van der Waals surface area contributed by atoms with Crippen molar-refractivity contribution in [2.45, 2.75) is 25.4 Å². The van der Waals surface area contributed by atoms with Gasteiger partial charge >= 0.3 is 0 Å². The highest BCUT2D eigenvalue weighted by atomic mass is 16.5. The van der Waals surface area contributed by atoms with E-state index in [0.29, 0.717) is 12.1 Å². The van der Waals surface area contributed by atoms with Crippen LogP contribution < -0.4 is 15.4 Å². The average Bonchev–Trinajstić information content (AvgIpc) is 3.04. The van der Waals surface area contributed by atoms with Crippen LogP contribution in [0.15, 0.2) is 48.8 Å². The molecule has 3 rings (SSSR count). The summed E-state index contributed by atoms with van der Waals surface area (Å²) in [6.45, 7) is 2.48. The molecule has 1 amide bonds. The van der Waals surface area contributed by atoms with Gasteiger partial charge in [-0.15, -0.1) is 0 Å². The monoisotopic (exact) mass is 325 g/mol. The summed E-state index contributed by atoms with van der Waals surface area (Å²) in [7, 11) is 0. The number of para-hydroxylation sites is 1. The van der Waals surface area contributed by atoms with Gasteiger partial charge in [0.25, 0.3) is 5.91 Å². The molecular formula is C19H23N3O2. The first-order chi connectivity index (χ1) is 11.8. The Morgan fingerprint density at radius 1 is 1.12 bits per heavy atom. The zero-order chi connectivity index (χ0) is 16.6. The molecule has 1 aliphatic rings. The summed E-state index contributed by atoms with van der Waals surface area (Å²) in [6.07, 6.45) is 6.44. The minimum absolute atomic E-state index is 0.0394. The number of pyridine rings is 1. The molecule has 1 aromatic carbocycles. The van der Waals surface area contributed by atoms with Gasteiger partial charge in [0, 0.05) is 37.5 Å². The van der Waals surface area contributed by atoms with E-state index in [1.807, 2.05) is 12.1 Å². The van der Waals surface area contributed by atoms with Crippen molar-refractivity contribution in [1.29, 1.82) is 0 Å². The molecular weight excluding hydrogens is 302 g/mol. The summed E-state index contributed by atoms with van der Waals surface area (Å²) in [5.41, 5.74) is 1.95. The highest BCUT2D eigenvalue weighted by molar-refractivity contribution is 5.93. The lowest BCUT2D eigenvalue weighted by atomic mass is 10.1. The lowest BCUT2D eigenvalue weighted by molar-refractivity contribution is 0.0953. The van der Waals surface area contributed by atoms with Crippen molar-refractivity contribution in [1.82, 2.24) is 15.6 Å². The van der Waals surface area contributed by atoms with Crippen LogP contribution in [-0.4, -0.2) is 36.6 Å². The number of hydrogen-bond acceptors (Lipinski definition) is 4. The van der Waals surface area contributed by atoms with Crippen molar-refractivity contribution in [2.24, 2.45) is 0 Å². The van der Waals surface area contributed by atoms with Gasteiger partial charge in [0.2, 0.25) is 0 Å². The first-order valence-corrected chi connectivity index (χ1v) is 8.46. The third-order valence-electron chi connectivity index (χ3n) is 4.09. The second kappa shape index (κ2) is 8.45. The normalized spacial score (nSPS) is 15.6. The number of rotatable bonds is 8. The molecule has 126 valence electrons. The van der Waals surface area contributed by atoms with Gasteiger partial charge in [-0.25, -0.2) is 0 Å². The van der Waals surface area contributed by atoms with Crippen molar-refractivity contribution in [2.75, 3.05) is 19.6 Å². The smallest absolute Gasteiger partial charge is 0.251 e. The van der Waals surface area contributed by atoms with E-state index < -0.39 is 0 Å². The number of hydrogen-bond donors (Lipinski definition) is 2. The maximum Gasteiger partial charge on any atom is 0.251 e. The second-order valence-corrected chi connectivity index (χ2v) is 5.95. The van der Waals surface area contributed by atoms with E-state index in [2.05, 4.69) is 27.8 Å². The van der Waals surface area contributed by atoms with Gasteiger partial charge in [-0.05, 0) is 43.1 Å². The van der Waals surface area contributed by atoms with Crippen LogP contribution in [0.4, 0.5) is 0 Å². The minimum Gasteiger partial charge on any atom is -0.488 e. The number of fused-ring (bicyclic) bond motifs is 1. The molecule has 5 nitrogen and oxygen atoms in total. The maximum absolute atomic E-state index is 11.8. The number of benzene rings is 1. The SMILES string of the molecule is O=C(NCCCCNCC1Cc2ccccc2O1)c1ccncc1. The molecule has 1 aliphatic heterocycles. The molecule has 0 radical (unpaired) electrons. The second-order valence-electron chi connectivity index (χ2n) is 5.95. The van der Waals surface area contributed by atoms with E-state index in [-0.39, 0.29) is 12.0 Å². The van der Waals surface area contributed by atoms with Crippen LogP contribution >= 0.6 is 0 Å². The fraction of sp³-hybridized carbons (Fsp3) is 0.368. The molecule has 1 aromatic heterocycles.